The monoisotopic (exact) mass is 504 g/mol. The Hall–Kier alpha value is 0.194. The molecule has 0 atom stereocenters. The summed E-state index contributed by atoms with van der Waals surface area (Å²) in [7, 11) is 9.78. The molecule has 0 unspecified atom stereocenters. The fourth-order valence-electron chi connectivity index (χ4n) is 2.32. The van der Waals surface area contributed by atoms with Crippen molar-refractivity contribution in [1.29, 1.82) is 0 Å². The molecule has 0 saturated carbocycles. The summed E-state index contributed by atoms with van der Waals surface area (Å²) in [5.41, 5.74) is 13.2. The fraction of sp³-hybridized carbons (Fsp3) is 0.909. The fourth-order valence-corrected chi connectivity index (χ4v) is 2.32. The predicted molar refractivity (Wildman–Crippen MR) is 128 cm³/mol. The molecule has 0 rings (SSSR count). The van der Waals surface area contributed by atoms with E-state index in [1.165, 1.54) is 57.8 Å². The average Bonchev–Trinajstić information content (AvgIpc) is 2.69. The zero-order valence-corrected chi connectivity index (χ0v) is 22.6. The molecule has 2 amide bonds. The van der Waals surface area contributed by atoms with Gasteiger partial charge in [0.05, 0.1) is 0 Å². The summed E-state index contributed by atoms with van der Waals surface area (Å²) < 4.78 is 0. The molecule has 0 saturated heterocycles. The van der Waals surface area contributed by atoms with Crippen LogP contribution in [0.4, 0.5) is 0 Å². The van der Waals surface area contributed by atoms with E-state index in [9.17, 15) is 9.59 Å². The summed E-state index contributed by atoms with van der Waals surface area (Å²) in [4.78, 5) is 20.3. The van der Waals surface area contributed by atoms with Crippen LogP contribution in [0.15, 0.2) is 0 Å². The molecule has 0 aromatic rings. The Labute approximate surface area is 203 Å². The van der Waals surface area contributed by atoms with Gasteiger partial charge >= 0.3 is 35.6 Å². The standard InChI is InChI=1S/2C8H17NO.C6H14O.2ClH.Ti/c2*1-2-3-4-5-6-7-8(9)10;1-2-3-4-5-6-7;;;/h2*2-7H2,1H3,(H2,9,10);7H,2-6H2,1H3;2*1H;/q;;;;;+2/p-4. The van der Waals surface area contributed by atoms with E-state index >= 15 is 0 Å². The van der Waals surface area contributed by atoms with Gasteiger partial charge in [-0.25, -0.2) is 0 Å². The first kappa shape index (κ1) is 37.5. The van der Waals surface area contributed by atoms with Gasteiger partial charge in [0.15, 0.2) is 0 Å². The molecule has 0 aromatic carbocycles. The Morgan fingerprint density at radius 1 is 0.633 bits per heavy atom. The van der Waals surface area contributed by atoms with Crippen LogP contribution in [0.25, 0.3) is 11.5 Å². The van der Waals surface area contributed by atoms with Crippen molar-refractivity contribution < 1.29 is 31.7 Å². The third-order valence-electron chi connectivity index (χ3n) is 4.03. The van der Waals surface area contributed by atoms with Crippen molar-refractivity contribution in [3.05, 3.63) is 11.5 Å². The van der Waals surface area contributed by atoms with Gasteiger partial charge in [-0.3, -0.25) is 0 Å². The van der Waals surface area contributed by atoms with Crippen LogP contribution in [0.1, 0.15) is 124 Å². The summed E-state index contributed by atoms with van der Waals surface area (Å²) in [6.07, 6.45) is 17.0. The number of amides is 2. The molecular weight excluding hydrogens is 459 g/mol. The molecule has 0 heterocycles. The maximum atomic E-state index is 10.1. The van der Waals surface area contributed by atoms with Gasteiger partial charge < -0.3 is 26.2 Å². The third-order valence-corrected chi connectivity index (χ3v) is 4.03. The number of halogens is 2. The van der Waals surface area contributed by atoms with E-state index in [4.69, 9.17) is 35.2 Å². The second-order valence-corrected chi connectivity index (χ2v) is 9.61. The first-order chi connectivity index (χ1) is 14.4. The molecule has 182 valence electrons. The van der Waals surface area contributed by atoms with Crippen LogP contribution in [0.5, 0.6) is 0 Å². The summed E-state index contributed by atoms with van der Waals surface area (Å²) in [5, 5.41) is 8.29. The van der Waals surface area contributed by atoms with E-state index < -0.39 is 28.8 Å². The van der Waals surface area contributed by atoms with E-state index in [2.05, 4.69) is 20.8 Å². The van der Waals surface area contributed by atoms with E-state index in [1.54, 1.807) is 0 Å². The zero-order chi connectivity index (χ0) is 23.9. The molecule has 0 aliphatic rings. The Morgan fingerprint density at radius 2 is 0.900 bits per heavy atom. The number of aliphatic hydroxyl groups is 1. The molecule has 0 aromatic heterocycles. The van der Waals surface area contributed by atoms with E-state index in [0.29, 0.717) is 19.4 Å². The van der Waals surface area contributed by atoms with Crippen LogP contribution < -0.4 is 0 Å². The van der Waals surface area contributed by atoms with Crippen molar-refractivity contribution in [2.75, 3.05) is 6.61 Å². The van der Waals surface area contributed by atoms with Crippen LogP contribution >= 0.6 is 18.6 Å². The normalized spacial score (nSPS) is 9.13. The Balaban J connectivity index is -0.000000161. The summed E-state index contributed by atoms with van der Waals surface area (Å²) >= 11 is -0.556. The van der Waals surface area contributed by atoms with Gasteiger partial charge in [0.2, 0.25) is 0 Å². The van der Waals surface area contributed by atoms with Crippen molar-refractivity contribution in [3.63, 3.8) is 0 Å². The topological polar surface area (TPSA) is 102 Å². The van der Waals surface area contributed by atoms with Gasteiger partial charge in [0, 0.05) is 18.4 Å². The minimum atomic E-state index is -0.556. The number of carbonyl (C=O) groups is 2. The third kappa shape index (κ3) is 63.0. The van der Waals surface area contributed by atoms with Crippen molar-refractivity contribution in [1.82, 2.24) is 0 Å². The Morgan fingerprint density at radius 3 is 1.13 bits per heavy atom. The van der Waals surface area contributed by atoms with Gasteiger partial charge in [-0.1, -0.05) is 91.4 Å². The molecule has 30 heavy (non-hydrogen) atoms. The van der Waals surface area contributed by atoms with E-state index in [-0.39, 0.29) is 0 Å². The van der Waals surface area contributed by atoms with Crippen LogP contribution in [0, 0.1) is 0 Å². The van der Waals surface area contributed by atoms with E-state index in [0.717, 1.165) is 32.1 Å². The number of hydrogen-bond acceptors (Lipinski definition) is 3. The quantitative estimate of drug-likeness (QED) is 0.167. The second-order valence-electron chi connectivity index (χ2n) is 7.03. The Bertz CT molecular complexity index is 299. The predicted octanol–water partition coefficient (Wildman–Crippen LogP) is 8.79. The molecule has 0 radical (unpaired) electrons. The molecule has 0 spiro atoms. The van der Waals surface area contributed by atoms with Crippen LogP contribution in [0.2, 0.25) is 0 Å². The van der Waals surface area contributed by atoms with E-state index in [1.807, 2.05) is 0 Å². The number of aliphatic hydroxyl groups excluding tert-OH is 1. The van der Waals surface area contributed by atoms with Crippen molar-refractivity contribution in [3.8, 4) is 0 Å². The average molecular weight is 505 g/mol. The van der Waals surface area contributed by atoms with Crippen molar-refractivity contribution >= 4 is 30.4 Å². The maximum absolute atomic E-state index is 10.1. The summed E-state index contributed by atoms with van der Waals surface area (Å²) in [6, 6.07) is 0. The summed E-state index contributed by atoms with van der Waals surface area (Å²) in [5.74, 6) is -0.840. The molecule has 0 fully saturated rings. The molecule has 0 bridgehead atoms. The SMILES string of the molecule is CCCCCCCC([NH-])=O.CCCCCCCC([NH-])=O.CCCCCCO.[Cl][Ti][Cl]. The number of hydrogen-bond donors (Lipinski definition) is 1. The van der Waals surface area contributed by atoms with Crippen LogP contribution in [-0.4, -0.2) is 23.5 Å². The molecule has 0 aliphatic heterocycles. The first-order valence-electron chi connectivity index (χ1n) is 11.4. The van der Waals surface area contributed by atoms with Gasteiger partial charge in [-0.05, 0) is 32.1 Å². The number of carbonyl (C=O) groups excluding carboxylic acids is 2. The van der Waals surface area contributed by atoms with Crippen LogP contribution in [-0.2, 0) is 26.6 Å². The second kappa shape index (κ2) is 39.6. The number of unbranched alkanes of at least 4 members (excludes halogenated alkanes) is 11. The van der Waals surface area contributed by atoms with Crippen molar-refractivity contribution in [2.24, 2.45) is 0 Å². The van der Waals surface area contributed by atoms with Gasteiger partial charge in [0.1, 0.15) is 0 Å². The minimum absolute atomic E-state index is 0.361. The molecular formula is C22H46Cl2N2O3Ti-2. The Kier molecular flexibility index (Phi) is 49.6. The first-order valence-corrected chi connectivity index (χ1v) is 15.7. The number of nitrogens with one attached hydrogen (secondary N) is 2. The van der Waals surface area contributed by atoms with Crippen molar-refractivity contribution in [2.45, 2.75) is 124 Å². The van der Waals surface area contributed by atoms with Gasteiger partial charge in [-0.15, -0.1) is 0 Å². The molecule has 8 heteroatoms. The summed E-state index contributed by atoms with van der Waals surface area (Å²) in [6.45, 7) is 6.85. The van der Waals surface area contributed by atoms with Crippen LogP contribution in [0.3, 0.4) is 0 Å². The van der Waals surface area contributed by atoms with Gasteiger partial charge in [-0.2, -0.15) is 0 Å². The number of rotatable bonds is 16. The molecule has 3 N–H and O–H groups in total. The molecule has 5 nitrogen and oxygen atoms in total. The van der Waals surface area contributed by atoms with Gasteiger partial charge in [0.25, 0.3) is 0 Å². The zero-order valence-electron chi connectivity index (χ0n) is 19.5. The molecule has 0 aliphatic carbocycles.